The largest absolute Gasteiger partial charge is 0.455 e. The maximum atomic E-state index is 14.9. The van der Waals surface area contributed by atoms with Gasteiger partial charge in [-0.25, -0.2) is 23.8 Å². The average Bonchev–Trinajstić information content (AvgIpc) is 3.31. The van der Waals surface area contributed by atoms with Crippen molar-refractivity contribution in [2.75, 3.05) is 10.6 Å². The van der Waals surface area contributed by atoms with E-state index in [1.807, 2.05) is 52.0 Å². The highest BCUT2D eigenvalue weighted by Crippen LogP contribution is 2.29. The standard InChI is InChI=1S/C28H26FN7O3/c1-16-5-7-17(8-6-16)36-23(14-22(35-36)28(2,3)4)33-27(38)32-20-10-9-18(13-19(20)29)39-21-11-12-30-26-25(21)34-24(37)15-31-26/h5-15H,1-4H3,(H,34,37)(H2,32,33,38). The van der Waals surface area contributed by atoms with Crippen molar-refractivity contribution in [3.8, 4) is 17.2 Å². The summed E-state index contributed by atoms with van der Waals surface area (Å²) in [5.74, 6) is 0.133. The number of hydrogen-bond acceptors (Lipinski definition) is 6. The molecule has 5 rings (SSSR count). The summed E-state index contributed by atoms with van der Waals surface area (Å²) >= 11 is 0. The number of aryl methyl sites for hydroxylation is 1. The van der Waals surface area contributed by atoms with E-state index in [0.29, 0.717) is 5.82 Å². The van der Waals surface area contributed by atoms with Crippen LogP contribution in [0.1, 0.15) is 32.0 Å². The number of rotatable bonds is 5. The molecule has 0 fully saturated rings. The van der Waals surface area contributed by atoms with E-state index < -0.39 is 17.4 Å². The predicted octanol–water partition coefficient (Wildman–Crippen LogP) is 5.69. The molecule has 0 saturated carbocycles. The van der Waals surface area contributed by atoms with E-state index in [1.54, 1.807) is 10.7 Å². The molecule has 198 valence electrons. The zero-order valence-electron chi connectivity index (χ0n) is 21.7. The predicted molar refractivity (Wildman–Crippen MR) is 146 cm³/mol. The Bertz CT molecular complexity index is 1740. The van der Waals surface area contributed by atoms with Crippen molar-refractivity contribution in [1.29, 1.82) is 0 Å². The number of aromatic nitrogens is 5. The first-order valence-electron chi connectivity index (χ1n) is 12.1. The van der Waals surface area contributed by atoms with Crippen LogP contribution in [0.25, 0.3) is 16.9 Å². The molecule has 0 aliphatic carbocycles. The number of carbonyl (C=O) groups is 1. The van der Waals surface area contributed by atoms with E-state index >= 15 is 0 Å². The van der Waals surface area contributed by atoms with Crippen LogP contribution in [0, 0.1) is 12.7 Å². The van der Waals surface area contributed by atoms with Crippen LogP contribution in [0.2, 0.25) is 0 Å². The summed E-state index contributed by atoms with van der Waals surface area (Å²) in [5, 5.41) is 10.0. The lowest BCUT2D eigenvalue weighted by atomic mass is 9.92. The average molecular weight is 528 g/mol. The summed E-state index contributed by atoms with van der Waals surface area (Å²) in [6.07, 6.45) is 2.58. The van der Waals surface area contributed by atoms with Gasteiger partial charge in [0.25, 0.3) is 5.56 Å². The Kier molecular flexibility index (Phi) is 6.57. The molecular weight excluding hydrogens is 501 g/mol. The Morgan fingerprint density at radius 1 is 1.03 bits per heavy atom. The molecule has 0 spiro atoms. The second-order valence-electron chi connectivity index (χ2n) is 9.99. The molecule has 3 heterocycles. The minimum absolute atomic E-state index is 0.0491. The number of aromatic amines is 1. The number of nitrogens with zero attached hydrogens (tertiary/aromatic N) is 4. The van der Waals surface area contributed by atoms with E-state index in [2.05, 4.69) is 25.6 Å². The molecular formula is C28H26FN7O3. The number of ether oxygens (including phenoxy) is 1. The molecule has 10 nitrogen and oxygen atoms in total. The van der Waals surface area contributed by atoms with Crippen molar-refractivity contribution in [2.45, 2.75) is 33.1 Å². The Morgan fingerprint density at radius 3 is 2.51 bits per heavy atom. The quantitative estimate of drug-likeness (QED) is 0.270. The van der Waals surface area contributed by atoms with Gasteiger partial charge in [-0.2, -0.15) is 5.10 Å². The number of halogens is 1. The summed E-state index contributed by atoms with van der Waals surface area (Å²) in [4.78, 5) is 35.2. The number of fused-ring (bicyclic) bond motifs is 1. The highest BCUT2D eigenvalue weighted by Gasteiger charge is 2.22. The van der Waals surface area contributed by atoms with Crippen molar-refractivity contribution in [3.05, 3.63) is 94.4 Å². The number of nitrogens with one attached hydrogen (secondary N) is 3. The molecule has 0 bridgehead atoms. The monoisotopic (exact) mass is 527 g/mol. The van der Waals surface area contributed by atoms with Gasteiger partial charge < -0.3 is 15.0 Å². The highest BCUT2D eigenvalue weighted by atomic mass is 19.1. The molecule has 0 saturated heterocycles. The second kappa shape index (κ2) is 10.0. The molecule has 0 radical (unpaired) electrons. The van der Waals surface area contributed by atoms with Crippen molar-refractivity contribution >= 4 is 28.7 Å². The number of benzene rings is 2. The number of amides is 2. The molecule has 2 amide bonds. The number of carbonyl (C=O) groups excluding carboxylic acids is 1. The lowest BCUT2D eigenvalue weighted by Gasteiger charge is -2.14. The fourth-order valence-electron chi connectivity index (χ4n) is 3.79. The van der Waals surface area contributed by atoms with Gasteiger partial charge in [-0.1, -0.05) is 38.5 Å². The molecule has 11 heteroatoms. The third-order valence-corrected chi connectivity index (χ3v) is 5.86. The van der Waals surface area contributed by atoms with Gasteiger partial charge in [-0.05, 0) is 31.2 Å². The summed E-state index contributed by atoms with van der Waals surface area (Å²) < 4.78 is 22.4. The van der Waals surface area contributed by atoms with Crippen LogP contribution in [0.4, 0.5) is 20.7 Å². The third-order valence-electron chi connectivity index (χ3n) is 5.86. The number of urea groups is 1. The Morgan fingerprint density at radius 2 is 1.79 bits per heavy atom. The minimum atomic E-state index is -0.713. The van der Waals surface area contributed by atoms with Crippen LogP contribution in [-0.2, 0) is 5.41 Å². The molecule has 39 heavy (non-hydrogen) atoms. The van der Waals surface area contributed by atoms with E-state index in [9.17, 15) is 14.0 Å². The van der Waals surface area contributed by atoms with Crippen LogP contribution in [-0.4, -0.2) is 30.8 Å². The van der Waals surface area contributed by atoms with Gasteiger partial charge in [0.2, 0.25) is 0 Å². The first-order chi connectivity index (χ1) is 18.6. The fraction of sp³-hybridized carbons (Fsp3) is 0.179. The summed E-state index contributed by atoms with van der Waals surface area (Å²) in [7, 11) is 0. The van der Waals surface area contributed by atoms with Gasteiger partial charge >= 0.3 is 6.03 Å². The van der Waals surface area contributed by atoms with Crippen LogP contribution in [0.3, 0.4) is 0 Å². The van der Waals surface area contributed by atoms with Crippen molar-refractivity contribution < 1.29 is 13.9 Å². The maximum absolute atomic E-state index is 14.9. The Balaban J connectivity index is 1.35. The van der Waals surface area contributed by atoms with Crippen LogP contribution < -0.4 is 20.9 Å². The zero-order valence-corrected chi connectivity index (χ0v) is 21.7. The van der Waals surface area contributed by atoms with Crippen molar-refractivity contribution in [1.82, 2.24) is 24.7 Å². The van der Waals surface area contributed by atoms with Crippen molar-refractivity contribution in [3.63, 3.8) is 0 Å². The van der Waals surface area contributed by atoms with Gasteiger partial charge in [-0.3, -0.25) is 10.1 Å². The Hall–Kier alpha value is -5.06. The maximum Gasteiger partial charge on any atom is 0.324 e. The van der Waals surface area contributed by atoms with Crippen LogP contribution >= 0.6 is 0 Å². The summed E-state index contributed by atoms with van der Waals surface area (Å²) in [6, 6.07) is 14.4. The molecule has 2 aromatic carbocycles. The second-order valence-corrected chi connectivity index (χ2v) is 9.99. The summed E-state index contributed by atoms with van der Waals surface area (Å²) in [5.41, 5.74) is 2.49. The molecule has 0 aliphatic heterocycles. The highest BCUT2D eigenvalue weighted by molar-refractivity contribution is 5.99. The van der Waals surface area contributed by atoms with E-state index in [1.165, 1.54) is 24.4 Å². The van der Waals surface area contributed by atoms with E-state index in [0.717, 1.165) is 29.2 Å². The molecule has 3 N–H and O–H groups in total. The number of anilines is 2. The lowest BCUT2D eigenvalue weighted by Crippen LogP contribution is -2.22. The number of H-pyrrole nitrogens is 1. The van der Waals surface area contributed by atoms with Gasteiger partial charge in [0.05, 0.1) is 23.3 Å². The van der Waals surface area contributed by atoms with Crippen LogP contribution in [0.15, 0.2) is 71.8 Å². The third kappa shape index (κ3) is 5.61. The smallest absolute Gasteiger partial charge is 0.324 e. The first kappa shape index (κ1) is 25.6. The van der Waals surface area contributed by atoms with Crippen molar-refractivity contribution in [2.24, 2.45) is 0 Å². The van der Waals surface area contributed by atoms with Crippen LogP contribution in [0.5, 0.6) is 11.5 Å². The summed E-state index contributed by atoms with van der Waals surface area (Å²) in [6.45, 7) is 8.07. The van der Waals surface area contributed by atoms with Gasteiger partial charge in [0.1, 0.15) is 22.9 Å². The molecule has 0 atom stereocenters. The zero-order chi connectivity index (χ0) is 27.7. The van der Waals surface area contributed by atoms with E-state index in [4.69, 9.17) is 9.84 Å². The fourth-order valence-corrected chi connectivity index (χ4v) is 3.79. The molecule has 0 aliphatic rings. The molecule has 5 aromatic rings. The van der Waals surface area contributed by atoms with Gasteiger partial charge in [0, 0.05) is 29.8 Å². The Labute approximate surface area is 222 Å². The lowest BCUT2D eigenvalue weighted by molar-refractivity contribution is 0.262. The molecule has 0 unspecified atom stereocenters. The topological polar surface area (TPSA) is 127 Å². The number of pyridine rings is 1. The van der Waals surface area contributed by atoms with Gasteiger partial charge in [0.15, 0.2) is 11.4 Å². The first-order valence-corrected chi connectivity index (χ1v) is 12.1. The van der Waals surface area contributed by atoms with E-state index in [-0.39, 0.29) is 33.8 Å². The molecule has 3 aromatic heterocycles. The SMILES string of the molecule is Cc1ccc(-n2nc(C(C)(C)C)cc2NC(=O)Nc2ccc(Oc3ccnc4ncc(=O)[nH]c34)cc2F)cc1. The number of hydrogen-bond donors (Lipinski definition) is 3. The normalized spacial score (nSPS) is 11.4. The minimum Gasteiger partial charge on any atom is -0.455 e. The van der Waals surface area contributed by atoms with Gasteiger partial charge in [-0.15, -0.1) is 0 Å².